The van der Waals surface area contributed by atoms with E-state index in [0.29, 0.717) is 19.1 Å². The number of ether oxygens (including phenoxy) is 3. The molecule has 0 aromatic rings. The van der Waals surface area contributed by atoms with Gasteiger partial charge in [-0.1, -0.05) is 70.8 Å². The Kier molecular flexibility index (Phi) is 14.8. The molecule has 2 N–H and O–H groups in total. The Bertz CT molecular complexity index is 1210. The predicted molar refractivity (Wildman–Crippen MR) is 192 cm³/mol. The molecule has 0 spiro atoms. The van der Waals surface area contributed by atoms with Crippen LogP contribution in [0.25, 0.3) is 0 Å². The molecular formula is C39H63N3O8. The average molecular weight is 702 g/mol. The predicted octanol–water partition coefficient (Wildman–Crippen LogP) is 5.99. The molecular weight excluding hydrogens is 638 g/mol. The van der Waals surface area contributed by atoms with Gasteiger partial charge in [0, 0.05) is 56.6 Å². The maximum absolute atomic E-state index is 13.5. The van der Waals surface area contributed by atoms with Gasteiger partial charge in [-0.15, -0.1) is 0 Å². The zero-order valence-corrected chi connectivity index (χ0v) is 31.2. The average Bonchev–Trinajstić information content (AvgIpc) is 3.49. The van der Waals surface area contributed by atoms with Gasteiger partial charge in [0.1, 0.15) is 18.3 Å². The number of carbonyl (C=O) groups is 3. The van der Waals surface area contributed by atoms with Gasteiger partial charge < -0.3 is 34.2 Å². The summed E-state index contributed by atoms with van der Waals surface area (Å²) in [5.74, 6) is -0.866. The minimum absolute atomic E-state index is 0.129. The Balaban J connectivity index is 1.42. The highest BCUT2D eigenvalue weighted by atomic mass is 16.6. The lowest BCUT2D eigenvalue weighted by atomic mass is 9.88. The molecule has 0 aromatic heterocycles. The van der Waals surface area contributed by atoms with Crippen LogP contribution < -0.4 is 0 Å². The number of rotatable bonds is 7. The molecule has 50 heavy (non-hydrogen) atoms. The first kappa shape index (κ1) is 39.9. The third-order valence-corrected chi connectivity index (χ3v) is 10.8. The summed E-state index contributed by atoms with van der Waals surface area (Å²) in [5, 5.41) is 22.2. The smallest absolute Gasteiger partial charge is 0.410 e. The third kappa shape index (κ3) is 12.1. The first-order chi connectivity index (χ1) is 23.7. The van der Waals surface area contributed by atoms with Crippen molar-refractivity contribution in [3.63, 3.8) is 0 Å². The maximum atomic E-state index is 13.5. The zero-order valence-electron chi connectivity index (χ0n) is 31.2. The van der Waals surface area contributed by atoms with Gasteiger partial charge in [-0.2, -0.15) is 0 Å². The normalized spacial score (nSPS) is 31.0. The monoisotopic (exact) mass is 701 g/mol. The van der Waals surface area contributed by atoms with Crippen LogP contribution in [0, 0.1) is 11.3 Å². The second-order valence-electron chi connectivity index (χ2n) is 15.9. The highest BCUT2D eigenvalue weighted by molar-refractivity contribution is 5.70. The number of esters is 1. The van der Waals surface area contributed by atoms with Crippen LogP contribution in [-0.2, 0) is 19.0 Å². The Morgan fingerprint density at radius 3 is 2.26 bits per heavy atom. The van der Waals surface area contributed by atoms with E-state index in [0.717, 1.165) is 44.6 Å². The topological polar surface area (TPSA) is 129 Å². The van der Waals surface area contributed by atoms with E-state index in [1.165, 1.54) is 38.5 Å². The molecule has 11 nitrogen and oxygen atoms in total. The summed E-state index contributed by atoms with van der Waals surface area (Å²) in [6.45, 7) is 13.8. The van der Waals surface area contributed by atoms with Crippen LogP contribution in [0.15, 0.2) is 36.0 Å². The maximum Gasteiger partial charge on any atom is 0.410 e. The van der Waals surface area contributed by atoms with Crippen molar-refractivity contribution in [3.05, 3.63) is 36.0 Å². The van der Waals surface area contributed by atoms with Crippen molar-refractivity contribution >= 4 is 18.2 Å². The van der Waals surface area contributed by atoms with Gasteiger partial charge in [-0.25, -0.2) is 9.59 Å². The molecule has 5 atom stereocenters. The van der Waals surface area contributed by atoms with E-state index < -0.39 is 41.4 Å². The van der Waals surface area contributed by atoms with Crippen molar-refractivity contribution in [3.8, 4) is 0 Å². The van der Waals surface area contributed by atoms with Crippen molar-refractivity contribution in [1.29, 1.82) is 0 Å². The van der Waals surface area contributed by atoms with E-state index in [1.807, 2.05) is 52.0 Å². The van der Waals surface area contributed by atoms with E-state index in [2.05, 4.69) is 4.90 Å². The first-order valence-electron chi connectivity index (χ1n) is 19.0. The van der Waals surface area contributed by atoms with Crippen molar-refractivity contribution in [1.82, 2.24) is 14.7 Å². The minimum atomic E-state index is -1.47. The van der Waals surface area contributed by atoms with Crippen molar-refractivity contribution < 1.29 is 38.8 Å². The molecule has 282 valence electrons. The number of aliphatic hydroxyl groups is 2. The third-order valence-electron chi connectivity index (χ3n) is 10.8. The zero-order chi connectivity index (χ0) is 36.3. The molecule has 1 saturated carbocycles. The molecule has 3 fully saturated rings. The summed E-state index contributed by atoms with van der Waals surface area (Å²) in [6, 6.07) is 0.587. The Morgan fingerprint density at radius 2 is 1.60 bits per heavy atom. The largest absolute Gasteiger partial charge is 0.457 e. The number of aliphatic hydroxyl groups excluding tert-OH is 1. The van der Waals surface area contributed by atoms with Gasteiger partial charge in [0.2, 0.25) is 0 Å². The van der Waals surface area contributed by atoms with Crippen molar-refractivity contribution in [2.75, 3.05) is 45.9 Å². The molecule has 4 rings (SSSR count). The Hall–Kier alpha value is -2.89. The van der Waals surface area contributed by atoms with Crippen LogP contribution in [0.2, 0.25) is 0 Å². The fraction of sp³-hybridized carbons (Fsp3) is 0.769. The molecule has 0 radical (unpaired) electrons. The lowest BCUT2D eigenvalue weighted by Crippen LogP contribution is -2.53. The molecule has 2 amide bonds. The molecule has 0 aromatic carbocycles. The standard InChI is InChI=1S/C39H63N3O8/c1-29(13-12-19-38(3,4)28-48-36(45)41-21-10-11-22-41)35-30(2)16-17-33(39(5,47)20-18-32(43)27-34(44)50-35)49-37(46)42-25-23-40(24-26-42)31-14-8-6-7-9-15-31/h12-13,16-17,19,30-33,35,43,47H,6-11,14-15,18,20-28H2,1-5H3/b17-16+,19-12+,29-13+/t30-,32+,33+,35+,39+/m0/s1. The van der Waals surface area contributed by atoms with Crippen LogP contribution in [-0.4, -0.2) is 119 Å². The molecule has 4 aliphatic rings. The quantitative estimate of drug-likeness (QED) is 0.108. The molecule has 11 heteroatoms. The summed E-state index contributed by atoms with van der Waals surface area (Å²) in [5.41, 5.74) is -1.12. The number of hydrogen-bond donors (Lipinski definition) is 2. The van der Waals surface area contributed by atoms with Crippen LogP contribution in [0.4, 0.5) is 9.59 Å². The van der Waals surface area contributed by atoms with Crippen LogP contribution in [0.5, 0.6) is 0 Å². The fourth-order valence-electron chi connectivity index (χ4n) is 7.37. The van der Waals surface area contributed by atoms with Gasteiger partial charge in [-0.05, 0) is 64.0 Å². The Morgan fingerprint density at radius 1 is 0.960 bits per heavy atom. The number of cyclic esters (lactones) is 1. The van der Waals surface area contributed by atoms with Gasteiger partial charge in [0.25, 0.3) is 0 Å². The van der Waals surface area contributed by atoms with Gasteiger partial charge in [0.05, 0.1) is 12.5 Å². The first-order valence-corrected chi connectivity index (χ1v) is 19.0. The summed E-state index contributed by atoms with van der Waals surface area (Å²) in [4.78, 5) is 44.7. The second kappa shape index (κ2) is 18.6. The van der Waals surface area contributed by atoms with Gasteiger partial charge in [0.15, 0.2) is 6.10 Å². The number of hydrogen-bond acceptors (Lipinski definition) is 9. The van der Waals surface area contributed by atoms with Crippen LogP contribution in [0.3, 0.4) is 0 Å². The van der Waals surface area contributed by atoms with Crippen LogP contribution in [0.1, 0.15) is 105 Å². The molecule has 0 unspecified atom stereocenters. The molecule has 3 aliphatic heterocycles. The van der Waals surface area contributed by atoms with Crippen LogP contribution >= 0.6 is 0 Å². The number of allylic oxidation sites excluding steroid dienone is 2. The SMILES string of the molecule is C/C(=C\C=C\C(C)(C)COC(=O)N1CCCC1)[C@H]1OC(=O)C[C@H](O)CC[C@@](C)(O)[C@H](OC(=O)N2CCN(C3CCCCCC3)CC2)/C=C/[C@@H]1C. The fourth-order valence-corrected chi connectivity index (χ4v) is 7.37. The van der Waals surface area contributed by atoms with E-state index in [4.69, 9.17) is 14.2 Å². The van der Waals surface area contributed by atoms with Gasteiger partial charge in [-0.3, -0.25) is 9.69 Å². The number of piperazine rings is 1. The van der Waals surface area contributed by atoms with E-state index in [9.17, 15) is 24.6 Å². The lowest BCUT2D eigenvalue weighted by molar-refractivity contribution is -0.151. The highest BCUT2D eigenvalue weighted by Gasteiger charge is 2.37. The number of nitrogens with zero attached hydrogens (tertiary/aromatic N) is 3. The summed E-state index contributed by atoms with van der Waals surface area (Å²) in [7, 11) is 0. The summed E-state index contributed by atoms with van der Waals surface area (Å²) < 4.78 is 17.5. The second-order valence-corrected chi connectivity index (χ2v) is 15.9. The number of amides is 2. The van der Waals surface area contributed by atoms with Gasteiger partial charge >= 0.3 is 18.2 Å². The highest BCUT2D eigenvalue weighted by Crippen LogP contribution is 2.29. The molecule has 0 bridgehead atoms. The number of carbonyl (C=O) groups excluding carboxylic acids is 3. The molecule has 3 heterocycles. The summed E-state index contributed by atoms with van der Waals surface area (Å²) in [6.07, 6.45) is 15.5. The van der Waals surface area contributed by atoms with Crippen molar-refractivity contribution in [2.45, 2.75) is 135 Å². The Labute approximate surface area is 299 Å². The number of likely N-dealkylation sites (tertiary alicyclic amines) is 1. The summed E-state index contributed by atoms with van der Waals surface area (Å²) >= 11 is 0. The van der Waals surface area contributed by atoms with E-state index in [-0.39, 0.29) is 37.9 Å². The van der Waals surface area contributed by atoms with E-state index >= 15 is 0 Å². The van der Waals surface area contributed by atoms with E-state index in [1.54, 1.807) is 22.8 Å². The lowest BCUT2D eigenvalue weighted by Gasteiger charge is -2.40. The minimum Gasteiger partial charge on any atom is -0.457 e. The van der Waals surface area contributed by atoms with Crippen molar-refractivity contribution in [2.24, 2.45) is 11.3 Å². The molecule has 2 saturated heterocycles. The molecule has 1 aliphatic carbocycles.